The summed E-state index contributed by atoms with van der Waals surface area (Å²) in [5.74, 6) is 0.364. The van der Waals surface area contributed by atoms with Gasteiger partial charge in [-0.3, -0.25) is 0 Å². The van der Waals surface area contributed by atoms with Gasteiger partial charge in [0.05, 0.1) is 10.2 Å². The molecule has 0 aliphatic carbocycles. The molecule has 0 saturated carbocycles. The normalized spacial score (nSPS) is 11.1. The van der Waals surface area contributed by atoms with Gasteiger partial charge in [-0.15, -0.1) is 0 Å². The van der Waals surface area contributed by atoms with Crippen LogP contribution in [0.15, 0.2) is 21.1 Å². The number of nitrogens with zero attached hydrogens (tertiary/aromatic N) is 1. The topological polar surface area (TPSA) is 26.0 Å². The van der Waals surface area contributed by atoms with Crippen LogP contribution < -0.4 is 0 Å². The van der Waals surface area contributed by atoms with Crippen molar-refractivity contribution < 1.29 is 8.91 Å². The number of aromatic nitrogens is 1. The SMILES string of the molecule is Fc1cc(Br)c2onc(CCS)c2c1. The van der Waals surface area contributed by atoms with E-state index >= 15 is 0 Å². The Hall–Kier alpha value is -0.550. The first-order valence-corrected chi connectivity index (χ1v) is 5.49. The number of hydrogen-bond acceptors (Lipinski definition) is 3. The molecule has 0 aliphatic heterocycles. The molecule has 0 radical (unpaired) electrons. The molecule has 1 aromatic heterocycles. The van der Waals surface area contributed by atoms with E-state index in [2.05, 4.69) is 33.7 Å². The molecule has 5 heteroatoms. The molecule has 2 nitrogen and oxygen atoms in total. The quantitative estimate of drug-likeness (QED) is 0.852. The van der Waals surface area contributed by atoms with Gasteiger partial charge in [-0.25, -0.2) is 4.39 Å². The third kappa shape index (κ3) is 1.66. The summed E-state index contributed by atoms with van der Waals surface area (Å²) < 4.78 is 18.8. The molecule has 0 amide bonds. The fourth-order valence-corrected chi connectivity index (χ4v) is 2.02. The van der Waals surface area contributed by atoms with E-state index in [4.69, 9.17) is 4.52 Å². The van der Waals surface area contributed by atoms with Gasteiger partial charge in [0.15, 0.2) is 5.58 Å². The number of benzene rings is 1. The van der Waals surface area contributed by atoms with Crippen molar-refractivity contribution in [2.24, 2.45) is 0 Å². The van der Waals surface area contributed by atoms with Crippen LogP contribution in [-0.2, 0) is 6.42 Å². The van der Waals surface area contributed by atoms with E-state index in [0.29, 0.717) is 27.6 Å². The number of hydrogen-bond donors (Lipinski definition) is 1. The average Bonchev–Trinajstić information content (AvgIpc) is 2.49. The Kier molecular flexibility index (Phi) is 2.78. The van der Waals surface area contributed by atoms with Gasteiger partial charge in [0.25, 0.3) is 0 Å². The molecule has 0 unspecified atom stereocenters. The molecule has 1 heterocycles. The van der Waals surface area contributed by atoms with Crippen LogP contribution in [0.25, 0.3) is 11.0 Å². The fourth-order valence-electron chi connectivity index (χ4n) is 1.30. The molecule has 0 N–H and O–H groups in total. The van der Waals surface area contributed by atoms with E-state index in [9.17, 15) is 4.39 Å². The highest BCUT2D eigenvalue weighted by molar-refractivity contribution is 9.10. The lowest BCUT2D eigenvalue weighted by Gasteiger charge is -1.94. The predicted molar refractivity (Wildman–Crippen MR) is 59.2 cm³/mol. The van der Waals surface area contributed by atoms with E-state index in [1.54, 1.807) is 0 Å². The standard InChI is InChI=1S/C9H7BrFNOS/c10-7-4-5(11)3-6-8(1-2-14)12-13-9(6)7/h3-4,14H,1-2H2. The minimum absolute atomic E-state index is 0.298. The molecule has 2 aromatic rings. The molecular formula is C9H7BrFNOS. The van der Waals surface area contributed by atoms with Gasteiger partial charge in [0.1, 0.15) is 5.82 Å². The lowest BCUT2D eigenvalue weighted by molar-refractivity contribution is 0.446. The lowest BCUT2D eigenvalue weighted by Crippen LogP contribution is -1.86. The maximum absolute atomic E-state index is 13.1. The van der Waals surface area contributed by atoms with Gasteiger partial charge in [0, 0.05) is 11.8 Å². The number of fused-ring (bicyclic) bond motifs is 1. The molecular weight excluding hydrogens is 269 g/mol. The number of thiol groups is 1. The molecule has 14 heavy (non-hydrogen) atoms. The summed E-state index contributed by atoms with van der Waals surface area (Å²) in [5, 5.41) is 4.58. The van der Waals surface area contributed by atoms with Crippen molar-refractivity contribution in [2.45, 2.75) is 6.42 Å². The number of aryl methyl sites for hydroxylation is 1. The molecule has 2 rings (SSSR count). The van der Waals surface area contributed by atoms with Crippen molar-refractivity contribution in [3.8, 4) is 0 Å². The second-order valence-corrected chi connectivity index (χ2v) is 4.17. The third-order valence-corrected chi connectivity index (χ3v) is 2.73. The predicted octanol–water partition coefficient (Wildman–Crippen LogP) is 3.20. The highest BCUT2D eigenvalue weighted by Crippen LogP contribution is 2.28. The summed E-state index contributed by atoms with van der Waals surface area (Å²) in [6.07, 6.45) is 0.673. The molecule has 1 aromatic carbocycles. The first-order chi connectivity index (χ1) is 6.72. The largest absolute Gasteiger partial charge is 0.355 e. The monoisotopic (exact) mass is 275 g/mol. The molecule has 0 aliphatic rings. The fraction of sp³-hybridized carbons (Fsp3) is 0.222. The zero-order valence-electron chi connectivity index (χ0n) is 7.13. The molecule has 0 saturated heterocycles. The van der Waals surface area contributed by atoms with Gasteiger partial charge in [-0.1, -0.05) is 5.16 Å². The van der Waals surface area contributed by atoms with Crippen LogP contribution in [0.4, 0.5) is 4.39 Å². The molecule has 0 spiro atoms. The highest BCUT2D eigenvalue weighted by Gasteiger charge is 2.11. The summed E-state index contributed by atoms with van der Waals surface area (Å²) in [6, 6.07) is 2.79. The second kappa shape index (κ2) is 3.90. The van der Waals surface area contributed by atoms with Crippen LogP contribution in [0.5, 0.6) is 0 Å². The van der Waals surface area contributed by atoms with Crippen LogP contribution in [0.3, 0.4) is 0 Å². The zero-order chi connectivity index (χ0) is 10.1. The van der Waals surface area contributed by atoms with Gasteiger partial charge in [-0.2, -0.15) is 12.6 Å². The van der Waals surface area contributed by atoms with Crippen LogP contribution in [0.1, 0.15) is 5.69 Å². The van der Waals surface area contributed by atoms with Gasteiger partial charge in [0.2, 0.25) is 0 Å². The smallest absolute Gasteiger partial charge is 0.181 e. The second-order valence-electron chi connectivity index (χ2n) is 2.87. The Morgan fingerprint density at radius 3 is 3.00 bits per heavy atom. The number of halogens is 2. The first-order valence-electron chi connectivity index (χ1n) is 4.06. The summed E-state index contributed by atoms with van der Waals surface area (Å²) in [6.45, 7) is 0. The van der Waals surface area contributed by atoms with Gasteiger partial charge < -0.3 is 4.52 Å². The first kappa shape index (κ1) is 9.98. The van der Waals surface area contributed by atoms with E-state index in [0.717, 1.165) is 5.69 Å². The summed E-state index contributed by atoms with van der Waals surface area (Å²) >= 11 is 7.32. The third-order valence-electron chi connectivity index (χ3n) is 1.92. The van der Waals surface area contributed by atoms with E-state index < -0.39 is 0 Å². The van der Waals surface area contributed by atoms with E-state index in [-0.39, 0.29) is 5.82 Å². The maximum Gasteiger partial charge on any atom is 0.181 e. The van der Waals surface area contributed by atoms with Crippen LogP contribution in [0.2, 0.25) is 0 Å². The van der Waals surface area contributed by atoms with Crippen molar-refractivity contribution in [3.63, 3.8) is 0 Å². The van der Waals surface area contributed by atoms with Crippen molar-refractivity contribution >= 4 is 39.5 Å². The molecule has 74 valence electrons. The van der Waals surface area contributed by atoms with Crippen molar-refractivity contribution in [2.75, 3.05) is 5.75 Å². The van der Waals surface area contributed by atoms with E-state index in [1.807, 2.05) is 0 Å². The van der Waals surface area contributed by atoms with Gasteiger partial charge >= 0.3 is 0 Å². The number of rotatable bonds is 2. The maximum atomic E-state index is 13.1. The van der Waals surface area contributed by atoms with Crippen LogP contribution in [0, 0.1) is 5.82 Å². The Bertz CT molecular complexity index is 471. The summed E-state index contributed by atoms with van der Waals surface area (Å²) in [5.41, 5.74) is 1.33. The van der Waals surface area contributed by atoms with Crippen molar-refractivity contribution in [1.82, 2.24) is 5.16 Å². The van der Waals surface area contributed by atoms with Crippen molar-refractivity contribution in [1.29, 1.82) is 0 Å². The van der Waals surface area contributed by atoms with Gasteiger partial charge in [-0.05, 0) is 33.8 Å². The summed E-state index contributed by atoms with van der Waals surface area (Å²) in [4.78, 5) is 0. The van der Waals surface area contributed by atoms with E-state index in [1.165, 1.54) is 12.1 Å². The zero-order valence-corrected chi connectivity index (χ0v) is 9.61. The molecule has 0 bridgehead atoms. The highest BCUT2D eigenvalue weighted by atomic mass is 79.9. The lowest BCUT2D eigenvalue weighted by atomic mass is 10.2. The van der Waals surface area contributed by atoms with Crippen LogP contribution in [-0.4, -0.2) is 10.9 Å². The Labute approximate surface area is 94.0 Å². The summed E-state index contributed by atoms with van der Waals surface area (Å²) in [7, 11) is 0. The Morgan fingerprint density at radius 2 is 2.29 bits per heavy atom. The van der Waals surface area contributed by atoms with Crippen LogP contribution >= 0.6 is 28.6 Å². The minimum atomic E-state index is -0.298. The Morgan fingerprint density at radius 1 is 1.50 bits per heavy atom. The molecule has 0 fully saturated rings. The molecule has 0 atom stereocenters. The minimum Gasteiger partial charge on any atom is -0.355 e. The average molecular weight is 276 g/mol. The Balaban J connectivity index is 2.66. The van der Waals surface area contributed by atoms with Crippen molar-refractivity contribution in [3.05, 3.63) is 28.1 Å².